The standard InChI is InChI=1S/C21H21NO3S/c1-12-8-7-9-13(2)18(12)22-20(23)15(4)25-21(24)19-14(3)16-10-5-6-11-17(16)26-19/h5-11,15H,1-4H3,(H,22,23). The quantitative estimate of drug-likeness (QED) is 0.660. The second-order valence-electron chi connectivity index (χ2n) is 6.36. The van der Waals surface area contributed by atoms with Gasteiger partial charge in [0.1, 0.15) is 4.88 Å². The molecule has 0 spiro atoms. The zero-order valence-corrected chi connectivity index (χ0v) is 16.1. The van der Waals surface area contributed by atoms with Crippen LogP contribution in [0.5, 0.6) is 0 Å². The highest BCUT2D eigenvalue weighted by Crippen LogP contribution is 2.31. The minimum atomic E-state index is -0.883. The Labute approximate surface area is 156 Å². The number of amides is 1. The fraction of sp³-hybridized carbons (Fsp3) is 0.238. The summed E-state index contributed by atoms with van der Waals surface area (Å²) < 4.78 is 6.45. The molecule has 0 radical (unpaired) electrons. The lowest BCUT2D eigenvalue weighted by atomic mass is 10.1. The lowest BCUT2D eigenvalue weighted by Crippen LogP contribution is -2.30. The topological polar surface area (TPSA) is 55.4 Å². The van der Waals surface area contributed by atoms with Gasteiger partial charge in [-0.1, -0.05) is 36.4 Å². The molecule has 0 saturated heterocycles. The molecular weight excluding hydrogens is 346 g/mol. The van der Waals surface area contributed by atoms with Crippen molar-refractivity contribution in [1.29, 1.82) is 0 Å². The van der Waals surface area contributed by atoms with Crippen molar-refractivity contribution in [2.75, 3.05) is 5.32 Å². The first-order chi connectivity index (χ1) is 12.4. The van der Waals surface area contributed by atoms with E-state index in [9.17, 15) is 9.59 Å². The number of anilines is 1. The van der Waals surface area contributed by atoms with Crippen molar-refractivity contribution < 1.29 is 14.3 Å². The van der Waals surface area contributed by atoms with Crippen LogP contribution in [-0.4, -0.2) is 18.0 Å². The number of para-hydroxylation sites is 1. The fourth-order valence-electron chi connectivity index (χ4n) is 2.87. The number of rotatable bonds is 4. The normalized spacial score (nSPS) is 12.0. The number of carbonyl (C=O) groups is 2. The number of hydrogen-bond acceptors (Lipinski definition) is 4. The molecule has 134 valence electrons. The van der Waals surface area contributed by atoms with Gasteiger partial charge in [0.05, 0.1) is 0 Å². The molecule has 4 nitrogen and oxygen atoms in total. The predicted molar refractivity (Wildman–Crippen MR) is 106 cm³/mol. The molecule has 26 heavy (non-hydrogen) atoms. The van der Waals surface area contributed by atoms with E-state index < -0.39 is 12.1 Å². The van der Waals surface area contributed by atoms with Crippen LogP contribution in [0.2, 0.25) is 0 Å². The number of esters is 1. The molecule has 3 rings (SSSR count). The maximum Gasteiger partial charge on any atom is 0.349 e. The summed E-state index contributed by atoms with van der Waals surface area (Å²) in [5.74, 6) is -0.803. The Kier molecular flexibility index (Phi) is 5.09. The molecule has 0 aliphatic heterocycles. The first-order valence-corrected chi connectivity index (χ1v) is 9.26. The van der Waals surface area contributed by atoms with Gasteiger partial charge < -0.3 is 10.1 Å². The number of aryl methyl sites for hydroxylation is 3. The molecule has 1 aromatic heterocycles. The summed E-state index contributed by atoms with van der Waals surface area (Å²) >= 11 is 1.39. The number of hydrogen-bond donors (Lipinski definition) is 1. The Bertz CT molecular complexity index is 970. The number of carbonyl (C=O) groups excluding carboxylic acids is 2. The zero-order valence-electron chi connectivity index (χ0n) is 15.3. The molecule has 0 saturated carbocycles. The minimum absolute atomic E-state index is 0.338. The van der Waals surface area contributed by atoms with Crippen LogP contribution in [0.3, 0.4) is 0 Å². The average Bonchev–Trinajstić information content (AvgIpc) is 2.95. The second kappa shape index (κ2) is 7.30. The SMILES string of the molecule is Cc1cccc(C)c1NC(=O)C(C)OC(=O)c1sc2ccccc2c1C. The van der Waals surface area contributed by atoms with Gasteiger partial charge in [-0.3, -0.25) is 4.79 Å². The van der Waals surface area contributed by atoms with E-state index in [0.717, 1.165) is 32.5 Å². The van der Waals surface area contributed by atoms with Gasteiger partial charge in [-0.05, 0) is 55.8 Å². The van der Waals surface area contributed by atoms with Crippen molar-refractivity contribution >= 4 is 39.0 Å². The van der Waals surface area contributed by atoms with E-state index in [1.807, 2.05) is 63.2 Å². The third-order valence-corrected chi connectivity index (χ3v) is 5.66. The lowest BCUT2D eigenvalue weighted by molar-refractivity contribution is -0.123. The second-order valence-corrected chi connectivity index (χ2v) is 7.41. The Hall–Kier alpha value is -2.66. The Morgan fingerprint density at radius 2 is 1.65 bits per heavy atom. The molecule has 0 fully saturated rings. The van der Waals surface area contributed by atoms with Crippen molar-refractivity contribution in [2.24, 2.45) is 0 Å². The monoisotopic (exact) mass is 367 g/mol. The van der Waals surface area contributed by atoms with Crippen molar-refractivity contribution in [3.63, 3.8) is 0 Å². The molecule has 3 aromatic rings. The molecule has 1 atom stereocenters. The van der Waals surface area contributed by atoms with Gasteiger partial charge in [0.15, 0.2) is 6.10 Å². The minimum Gasteiger partial charge on any atom is -0.448 e. The summed E-state index contributed by atoms with van der Waals surface area (Å²) in [7, 11) is 0. The fourth-order valence-corrected chi connectivity index (χ4v) is 3.97. The number of thiophene rings is 1. The summed E-state index contributed by atoms with van der Waals surface area (Å²) in [6.07, 6.45) is -0.883. The third kappa shape index (κ3) is 3.48. The molecule has 5 heteroatoms. The van der Waals surface area contributed by atoms with Crippen LogP contribution in [0.15, 0.2) is 42.5 Å². The van der Waals surface area contributed by atoms with Gasteiger partial charge in [-0.2, -0.15) is 0 Å². The summed E-state index contributed by atoms with van der Waals surface area (Å²) in [6, 6.07) is 13.6. The van der Waals surface area contributed by atoms with Crippen molar-refractivity contribution in [2.45, 2.75) is 33.8 Å². The van der Waals surface area contributed by atoms with Gasteiger partial charge in [-0.25, -0.2) is 4.79 Å². The van der Waals surface area contributed by atoms with Gasteiger partial charge in [0.2, 0.25) is 0 Å². The summed E-state index contributed by atoms with van der Waals surface area (Å²) in [5, 5.41) is 3.90. The summed E-state index contributed by atoms with van der Waals surface area (Å²) in [6.45, 7) is 7.35. The first kappa shape index (κ1) is 18.1. The van der Waals surface area contributed by atoms with Gasteiger partial charge >= 0.3 is 5.97 Å². The van der Waals surface area contributed by atoms with E-state index in [4.69, 9.17) is 4.74 Å². The molecule has 1 N–H and O–H groups in total. The van der Waals surface area contributed by atoms with Crippen LogP contribution in [-0.2, 0) is 9.53 Å². The highest BCUT2D eigenvalue weighted by molar-refractivity contribution is 7.21. The molecule has 0 aliphatic rings. The average molecular weight is 367 g/mol. The highest BCUT2D eigenvalue weighted by atomic mass is 32.1. The summed E-state index contributed by atoms with van der Waals surface area (Å²) in [5.41, 5.74) is 3.59. The number of fused-ring (bicyclic) bond motifs is 1. The van der Waals surface area contributed by atoms with E-state index >= 15 is 0 Å². The Morgan fingerprint density at radius 3 is 2.31 bits per heavy atom. The van der Waals surface area contributed by atoms with Crippen LogP contribution in [0.1, 0.15) is 33.3 Å². The predicted octanol–water partition coefficient (Wildman–Crippen LogP) is 5.01. The zero-order chi connectivity index (χ0) is 18.8. The maximum absolute atomic E-state index is 12.5. The molecule has 1 unspecified atom stereocenters. The third-order valence-electron chi connectivity index (χ3n) is 4.41. The molecule has 1 heterocycles. The largest absolute Gasteiger partial charge is 0.448 e. The van der Waals surface area contributed by atoms with E-state index in [0.29, 0.717) is 4.88 Å². The van der Waals surface area contributed by atoms with Crippen molar-refractivity contribution in [1.82, 2.24) is 0 Å². The lowest BCUT2D eigenvalue weighted by Gasteiger charge is -2.16. The molecular formula is C21H21NO3S. The van der Waals surface area contributed by atoms with Gasteiger partial charge in [0.25, 0.3) is 5.91 Å². The highest BCUT2D eigenvalue weighted by Gasteiger charge is 2.23. The van der Waals surface area contributed by atoms with Crippen LogP contribution in [0, 0.1) is 20.8 Å². The number of benzene rings is 2. The van der Waals surface area contributed by atoms with Crippen LogP contribution >= 0.6 is 11.3 Å². The smallest absolute Gasteiger partial charge is 0.349 e. The molecule has 0 aliphatic carbocycles. The number of ether oxygens (including phenoxy) is 1. The Morgan fingerprint density at radius 1 is 1.00 bits per heavy atom. The summed E-state index contributed by atoms with van der Waals surface area (Å²) in [4.78, 5) is 25.5. The number of nitrogens with one attached hydrogen (secondary N) is 1. The van der Waals surface area contributed by atoms with E-state index in [1.54, 1.807) is 6.92 Å². The van der Waals surface area contributed by atoms with Crippen LogP contribution in [0.25, 0.3) is 10.1 Å². The van der Waals surface area contributed by atoms with Crippen molar-refractivity contribution in [3.8, 4) is 0 Å². The Balaban J connectivity index is 1.74. The van der Waals surface area contributed by atoms with E-state index in [2.05, 4.69) is 5.32 Å². The van der Waals surface area contributed by atoms with Crippen molar-refractivity contribution in [3.05, 3.63) is 64.0 Å². The van der Waals surface area contributed by atoms with Gasteiger partial charge in [-0.15, -0.1) is 11.3 Å². The van der Waals surface area contributed by atoms with E-state index in [-0.39, 0.29) is 5.91 Å². The van der Waals surface area contributed by atoms with Crippen LogP contribution in [0.4, 0.5) is 5.69 Å². The van der Waals surface area contributed by atoms with Gasteiger partial charge in [0, 0.05) is 10.4 Å². The first-order valence-electron chi connectivity index (χ1n) is 8.44. The van der Waals surface area contributed by atoms with E-state index in [1.165, 1.54) is 11.3 Å². The maximum atomic E-state index is 12.5. The molecule has 0 bridgehead atoms. The van der Waals surface area contributed by atoms with Crippen LogP contribution < -0.4 is 5.32 Å². The molecule has 1 amide bonds. The molecule has 2 aromatic carbocycles.